The van der Waals surface area contributed by atoms with E-state index in [0.29, 0.717) is 10.7 Å². The zero-order valence-corrected chi connectivity index (χ0v) is 19.9. The maximum Gasteiger partial charge on any atom is 0.453 e. The molecule has 4 aromatic rings. The van der Waals surface area contributed by atoms with E-state index in [-0.39, 0.29) is 27.5 Å². The fourth-order valence-electron chi connectivity index (χ4n) is 3.17. The van der Waals surface area contributed by atoms with Gasteiger partial charge in [-0.2, -0.15) is 13.2 Å². The third-order valence-corrected chi connectivity index (χ3v) is 5.63. The molecule has 0 radical (unpaired) electrons. The number of carbonyl (C=O) groups excluding carboxylic acids is 1. The summed E-state index contributed by atoms with van der Waals surface area (Å²) in [5.41, 5.74) is -0.153. The van der Waals surface area contributed by atoms with Crippen LogP contribution in [0.1, 0.15) is 11.3 Å². The zero-order chi connectivity index (χ0) is 26.0. The van der Waals surface area contributed by atoms with Crippen molar-refractivity contribution in [1.29, 1.82) is 0 Å². The van der Waals surface area contributed by atoms with Crippen LogP contribution in [0.25, 0.3) is 11.0 Å². The van der Waals surface area contributed by atoms with E-state index in [4.69, 9.17) is 37.1 Å². The van der Waals surface area contributed by atoms with Crippen molar-refractivity contribution >= 4 is 45.8 Å². The average molecular weight is 538 g/mol. The number of anilines is 1. The predicted octanol–water partition coefficient (Wildman–Crippen LogP) is 7.24. The Morgan fingerprint density at radius 2 is 1.67 bits per heavy atom. The van der Waals surface area contributed by atoms with Crippen LogP contribution in [0.2, 0.25) is 10.0 Å². The Kier molecular flexibility index (Phi) is 7.14. The summed E-state index contributed by atoms with van der Waals surface area (Å²) in [7, 11) is 0. The monoisotopic (exact) mass is 537 g/mol. The molecule has 36 heavy (non-hydrogen) atoms. The molecule has 0 atom stereocenters. The number of benzene rings is 3. The molecule has 0 saturated heterocycles. The summed E-state index contributed by atoms with van der Waals surface area (Å²) in [4.78, 5) is 25.1. The van der Waals surface area contributed by atoms with Crippen LogP contribution in [0.15, 0.2) is 69.9 Å². The number of hydrogen-bond donors (Lipinski definition) is 1. The van der Waals surface area contributed by atoms with Gasteiger partial charge in [-0.25, -0.2) is 0 Å². The van der Waals surface area contributed by atoms with Gasteiger partial charge in [0.2, 0.25) is 11.2 Å². The average Bonchev–Trinajstić information content (AvgIpc) is 2.82. The minimum absolute atomic E-state index is 0.00951. The second kappa shape index (κ2) is 10.1. The molecule has 1 heterocycles. The van der Waals surface area contributed by atoms with E-state index in [1.165, 1.54) is 42.5 Å². The molecule has 0 bridgehead atoms. The molecule has 0 aliphatic carbocycles. The summed E-state index contributed by atoms with van der Waals surface area (Å²) < 4.78 is 56.9. The lowest BCUT2D eigenvalue weighted by Crippen LogP contribution is -2.20. The Bertz CT molecular complexity index is 1500. The highest BCUT2D eigenvalue weighted by atomic mass is 35.5. The number of halogens is 5. The first-order chi connectivity index (χ1) is 17.0. The van der Waals surface area contributed by atoms with Gasteiger partial charge in [-0.15, -0.1) is 0 Å². The molecule has 1 aromatic heterocycles. The van der Waals surface area contributed by atoms with Crippen molar-refractivity contribution in [3.8, 4) is 17.2 Å². The molecule has 0 aliphatic rings. The van der Waals surface area contributed by atoms with Crippen LogP contribution >= 0.6 is 23.2 Å². The smallest absolute Gasteiger partial charge is 0.453 e. The summed E-state index contributed by atoms with van der Waals surface area (Å²) in [5, 5.41) is 2.94. The molecule has 0 unspecified atom stereocenters. The number of aryl methyl sites for hydroxylation is 1. The van der Waals surface area contributed by atoms with Gasteiger partial charge in [0.05, 0.1) is 15.4 Å². The molecule has 3 aromatic carbocycles. The van der Waals surface area contributed by atoms with E-state index >= 15 is 0 Å². The molecule has 0 aliphatic heterocycles. The van der Waals surface area contributed by atoms with Gasteiger partial charge in [0.1, 0.15) is 17.1 Å². The van der Waals surface area contributed by atoms with Crippen LogP contribution in [0.4, 0.5) is 18.9 Å². The molecule has 186 valence electrons. The Balaban J connectivity index is 1.58. The van der Waals surface area contributed by atoms with Crippen molar-refractivity contribution in [2.45, 2.75) is 13.1 Å². The fourth-order valence-corrected chi connectivity index (χ4v) is 3.47. The van der Waals surface area contributed by atoms with Gasteiger partial charge >= 0.3 is 6.18 Å². The van der Waals surface area contributed by atoms with E-state index < -0.39 is 35.6 Å². The molecular formula is C25H16Cl2F3NO5. The van der Waals surface area contributed by atoms with E-state index in [0.717, 1.165) is 11.6 Å². The Labute approximate surface area is 212 Å². The lowest BCUT2D eigenvalue weighted by atomic mass is 10.2. The lowest BCUT2D eigenvalue weighted by Gasteiger charge is -2.14. The van der Waals surface area contributed by atoms with E-state index in [1.807, 2.05) is 0 Å². The number of carbonyl (C=O) groups is 1. The van der Waals surface area contributed by atoms with Gasteiger partial charge in [-0.1, -0.05) is 40.9 Å². The summed E-state index contributed by atoms with van der Waals surface area (Å²) >= 11 is 11.7. The number of ether oxygens (including phenoxy) is 2. The molecule has 1 amide bonds. The topological polar surface area (TPSA) is 77.8 Å². The van der Waals surface area contributed by atoms with Crippen LogP contribution in [-0.2, 0) is 11.0 Å². The third kappa shape index (κ3) is 5.75. The van der Waals surface area contributed by atoms with E-state index in [2.05, 4.69) is 5.32 Å². The van der Waals surface area contributed by atoms with E-state index in [1.54, 1.807) is 19.1 Å². The minimum Gasteiger partial charge on any atom is -0.484 e. The number of nitrogens with one attached hydrogen (secondary N) is 1. The zero-order valence-electron chi connectivity index (χ0n) is 18.4. The van der Waals surface area contributed by atoms with E-state index in [9.17, 15) is 22.8 Å². The van der Waals surface area contributed by atoms with Crippen molar-refractivity contribution in [3.05, 3.63) is 92.3 Å². The fraction of sp³-hybridized carbons (Fsp3) is 0.120. The van der Waals surface area contributed by atoms with Crippen molar-refractivity contribution in [2.75, 3.05) is 11.9 Å². The Morgan fingerprint density at radius 1 is 0.972 bits per heavy atom. The number of amides is 1. The highest BCUT2D eigenvalue weighted by Gasteiger charge is 2.40. The third-order valence-electron chi connectivity index (χ3n) is 4.89. The quantitative estimate of drug-likeness (QED) is 0.280. The van der Waals surface area contributed by atoms with Crippen LogP contribution in [0.3, 0.4) is 0 Å². The van der Waals surface area contributed by atoms with Gasteiger partial charge in [0.25, 0.3) is 11.7 Å². The van der Waals surface area contributed by atoms with Gasteiger partial charge in [-0.05, 0) is 49.4 Å². The summed E-state index contributed by atoms with van der Waals surface area (Å²) in [6, 6.07) is 14.3. The largest absolute Gasteiger partial charge is 0.484 e. The highest BCUT2D eigenvalue weighted by Crippen LogP contribution is 2.38. The molecule has 4 rings (SSSR count). The number of fused-ring (bicyclic) bond motifs is 1. The van der Waals surface area contributed by atoms with Gasteiger partial charge in [0, 0.05) is 11.8 Å². The van der Waals surface area contributed by atoms with Gasteiger partial charge in [0.15, 0.2) is 6.61 Å². The van der Waals surface area contributed by atoms with Crippen molar-refractivity contribution in [2.24, 2.45) is 0 Å². The molecule has 0 saturated carbocycles. The predicted molar refractivity (Wildman–Crippen MR) is 129 cm³/mol. The maximum atomic E-state index is 13.7. The molecule has 6 nitrogen and oxygen atoms in total. The SMILES string of the molecule is Cc1ccc(Oc2c(C(F)(F)F)oc3cc(OCC(=O)Nc4ccc(Cl)c(Cl)c4)ccc3c2=O)cc1. The maximum absolute atomic E-state index is 13.7. The molecule has 11 heteroatoms. The van der Waals surface area contributed by atoms with Crippen molar-refractivity contribution in [1.82, 2.24) is 0 Å². The van der Waals surface area contributed by atoms with Crippen LogP contribution in [-0.4, -0.2) is 12.5 Å². The lowest BCUT2D eigenvalue weighted by molar-refractivity contribution is -0.154. The number of alkyl halides is 3. The highest BCUT2D eigenvalue weighted by molar-refractivity contribution is 6.42. The summed E-state index contributed by atoms with van der Waals surface area (Å²) in [6.07, 6.45) is -5.01. The summed E-state index contributed by atoms with van der Waals surface area (Å²) in [6.45, 7) is 1.32. The van der Waals surface area contributed by atoms with Gasteiger partial charge < -0.3 is 19.2 Å². The van der Waals surface area contributed by atoms with Crippen LogP contribution in [0.5, 0.6) is 17.2 Å². The molecular weight excluding hydrogens is 522 g/mol. The number of hydrogen-bond acceptors (Lipinski definition) is 5. The molecule has 0 fully saturated rings. The first kappa shape index (κ1) is 25.4. The normalized spacial score (nSPS) is 11.4. The Hall–Kier alpha value is -3.69. The first-order valence-corrected chi connectivity index (χ1v) is 11.1. The second-order valence-corrected chi connectivity index (χ2v) is 8.44. The first-order valence-electron chi connectivity index (χ1n) is 10.3. The molecule has 1 N–H and O–H groups in total. The van der Waals surface area contributed by atoms with Crippen molar-refractivity contribution in [3.63, 3.8) is 0 Å². The number of rotatable bonds is 6. The van der Waals surface area contributed by atoms with Crippen LogP contribution < -0.4 is 20.2 Å². The van der Waals surface area contributed by atoms with Crippen molar-refractivity contribution < 1.29 is 31.9 Å². The minimum atomic E-state index is -5.01. The standard InChI is InChI=1S/C25H16Cl2F3NO5/c1-13-2-5-15(6-3-13)35-23-22(33)17-8-7-16(11-20(17)36-24(23)25(28,29)30)34-12-21(32)31-14-4-9-18(26)19(27)10-14/h2-11H,12H2,1H3,(H,31,32). The second-order valence-electron chi connectivity index (χ2n) is 7.63. The Morgan fingerprint density at radius 3 is 2.33 bits per heavy atom. The van der Waals surface area contributed by atoms with Gasteiger partial charge in [-0.3, -0.25) is 9.59 Å². The summed E-state index contributed by atoms with van der Waals surface area (Å²) in [5.74, 6) is -3.07. The molecule has 0 spiro atoms. The van der Waals surface area contributed by atoms with Crippen LogP contribution in [0, 0.1) is 6.92 Å².